The van der Waals surface area contributed by atoms with Crippen molar-refractivity contribution in [3.8, 4) is 11.3 Å². The van der Waals surface area contributed by atoms with Crippen LogP contribution >= 0.6 is 15.9 Å². The summed E-state index contributed by atoms with van der Waals surface area (Å²) in [5, 5.41) is 9.71. The number of benzene rings is 1. The van der Waals surface area contributed by atoms with Crippen LogP contribution in [0.25, 0.3) is 16.9 Å². The van der Waals surface area contributed by atoms with E-state index in [-0.39, 0.29) is 6.61 Å². The van der Waals surface area contributed by atoms with Gasteiger partial charge in [0.1, 0.15) is 5.65 Å². The number of nitrogens with zero attached hydrogens (tertiary/aromatic N) is 2. The van der Waals surface area contributed by atoms with E-state index in [2.05, 4.69) is 53.0 Å². The number of pyridine rings is 1. The number of aromatic nitrogens is 2. The molecule has 0 saturated heterocycles. The minimum Gasteiger partial charge on any atom is -0.390 e. The summed E-state index contributed by atoms with van der Waals surface area (Å²) in [7, 11) is 0. The van der Waals surface area contributed by atoms with E-state index < -0.39 is 0 Å². The Kier molecular flexibility index (Phi) is 3.36. The van der Waals surface area contributed by atoms with Gasteiger partial charge in [-0.15, -0.1) is 0 Å². The third-order valence-corrected chi connectivity index (χ3v) is 4.08. The third-order valence-electron chi connectivity index (χ3n) is 3.61. The average Bonchev–Trinajstić information content (AvgIpc) is 2.79. The maximum Gasteiger partial charge on any atom is 0.137 e. The lowest BCUT2D eigenvalue weighted by molar-refractivity contribution is 0.276. The summed E-state index contributed by atoms with van der Waals surface area (Å²) in [5.41, 5.74) is 6.01. The van der Waals surface area contributed by atoms with Crippen molar-refractivity contribution in [1.82, 2.24) is 9.38 Å². The number of halogens is 1. The van der Waals surface area contributed by atoms with Crippen molar-refractivity contribution in [3.05, 3.63) is 57.8 Å². The van der Waals surface area contributed by atoms with E-state index in [1.54, 1.807) is 0 Å². The molecule has 0 aliphatic heterocycles. The van der Waals surface area contributed by atoms with Crippen LogP contribution in [0, 0.1) is 13.8 Å². The van der Waals surface area contributed by atoms with Crippen LogP contribution in [0.5, 0.6) is 0 Å². The molecule has 4 heteroatoms. The first kappa shape index (κ1) is 13.3. The van der Waals surface area contributed by atoms with E-state index in [0.29, 0.717) is 0 Å². The molecule has 102 valence electrons. The minimum atomic E-state index is -0.0418. The smallest absolute Gasteiger partial charge is 0.137 e. The highest BCUT2D eigenvalue weighted by Crippen LogP contribution is 2.27. The van der Waals surface area contributed by atoms with Gasteiger partial charge in [-0.25, -0.2) is 4.98 Å². The van der Waals surface area contributed by atoms with Gasteiger partial charge in [0.25, 0.3) is 0 Å². The van der Waals surface area contributed by atoms with Crippen LogP contribution in [0.1, 0.15) is 16.8 Å². The zero-order valence-corrected chi connectivity index (χ0v) is 13.0. The number of fused-ring (bicyclic) bond motifs is 1. The minimum absolute atomic E-state index is 0.0418. The van der Waals surface area contributed by atoms with E-state index in [1.165, 1.54) is 11.1 Å². The topological polar surface area (TPSA) is 37.5 Å². The predicted octanol–water partition coefficient (Wildman–Crippen LogP) is 3.87. The van der Waals surface area contributed by atoms with Gasteiger partial charge in [-0.2, -0.15) is 0 Å². The second-order valence-electron chi connectivity index (χ2n) is 4.94. The SMILES string of the molecule is Cc1ccc(-c2nc3ccc(Br)cn3c2CO)cc1C. The fraction of sp³-hybridized carbons (Fsp3) is 0.188. The summed E-state index contributed by atoms with van der Waals surface area (Å²) >= 11 is 3.45. The monoisotopic (exact) mass is 330 g/mol. The molecule has 1 aromatic carbocycles. The molecule has 20 heavy (non-hydrogen) atoms. The van der Waals surface area contributed by atoms with Crippen LogP contribution in [0.3, 0.4) is 0 Å². The van der Waals surface area contributed by atoms with Crippen LogP contribution in [0.4, 0.5) is 0 Å². The molecule has 0 radical (unpaired) electrons. The molecule has 0 fully saturated rings. The second-order valence-corrected chi connectivity index (χ2v) is 5.86. The van der Waals surface area contributed by atoms with Crippen LogP contribution in [0.2, 0.25) is 0 Å². The van der Waals surface area contributed by atoms with Gasteiger partial charge >= 0.3 is 0 Å². The van der Waals surface area contributed by atoms with E-state index in [9.17, 15) is 5.11 Å². The summed E-state index contributed by atoms with van der Waals surface area (Å²) in [6, 6.07) is 10.1. The molecule has 2 heterocycles. The molecular weight excluding hydrogens is 316 g/mol. The Hall–Kier alpha value is -1.65. The van der Waals surface area contributed by atoms with Crippen LogP contribution in [-0.2, 0) is 6.61 Å². The summed E-state index contributed by atoms with van der Waals surface area (Å²) in [6.45, 7) is 4.14. The highest BCUT2D eigenvalue weighted by Gasteiger charge is 2.13. The first-order valence-corrected chi connectivity index (χ1v) is 7.24. The number of aliphatic hydroxyl groups excluding tert-OH is 1. The standard InChI is InChI=1S/C16H15BrN2O/c1-10-3-4-12(7-11(10)2)16-14(9-20)19-8-13(17)5-6-15(19)18-16/h3-8,20H,9H2,1-2H3. The summed E-state index contributed by atoms with van der Waals surface area (Å²) in [4.78, 5) is 4.65. The molecule has 3 aromatic rings. The highest BCUT2D eigenvalue weighted by molar-refractivity contribution is 9.10. The third kappa shape index (κ3) is 2.15. The summed E-state index contributed by atoms with van der Waals surface area (Å²) in [5.74, 6) is 0. The van der Waals surface area contributed by atoms with Gasteiger partial charge in [-0.3, -0.25) is 4.40 Å². The molecule has 0 saturated carbocycles. The van der Waals surface area contributed by atoms with Gasteiger partial charge in [-0.1, -0.05) is 12.1 Å². The Balaban J connectivity index is 2.27. The number of imidazole rings is 1. The zero-order chi connectivity index (χ0) is 14.3. The number of aliphatic hydroxyl groups is 1. The Morgan fingerprint density at radius 2 is 1.95 bits per heavy atom. The molecular formula is C16H15BrN2O. The summed E-state index contributed by atoms with van der Waals surface area (Å²) < 4.78 is 2.89. The van der Waals surface area contributed by atoms with Crippen molar-refractivity contribution in [1.29, 1.82) is 0 Å². The zero-order valence-electron chi connectivity index (χ0n) is 11.4. The van der Waals surface area contributed by atoms with E-state index in [1.807, 2.05) is 22.7 Å². The lowest BCUT2D eigenvalue weighted by Gasteiger charge is -2.05. The van der Waals surface area contributed by atoms with E-state index in [0.717, 1.165) is 27.1 Å². The molecule has 0 atom stereocenters. The number of aryl methyl sites for hydroxylation is 2. The Morgan fingerprint density at radius 3 is 2.65 bits per heavy atom. The fourth-order valence-electron chi connectivity index (χ4n) is 2.34. The molecule has 0 unspecified atom stereocenters. The quantitative estimate of drug-likeness (QED) is 0.774. The number of hydrogen-bond donors (Lipinski definition) is 1. The molecule has 2 aromatic heterocycles. The average molecular weight is 331 g/mol. The molecule has 1 N–H and O–H groups in total. The Morgan fingerprint density at radius 1 is 1.15 bits per heavy atom. The maximum absolute atomic E-state index is 9.71. The molecule has 0 spiro atoms. The molecule has 3 nitrogen and oxygen atoms in total. The lowest BCUT2D eigenvalue weighted by Crippen LogP contribution is -1.94. The number of rotatable bonds is 2. The Labute approximate surface area is 126 Å². The number of hydrogen-bond acceptors (Lipinski definition) is 2. The second kappa shape index (κ2) is 5.04. The normalized spacial score (nSPS) is 11.2. The van der Waals surface area contributed by atoms with E-state index >= 15 is 0 Å². The fourth-order valence-corrected chi connectivity index (χ4v) is 2.68. The highest BCUT2D eigenvalue weighted by atomic mass is 79.9. The van der Waals surface area contributed by atoms with Crippen molar-refractivity contribution in [2.45, 2.75) is 20.5 Å². The van der Waals surface area contributed by atoms with Crippen molar-refractivity contribution in [3.63, 3.8) is 0 Å². The van der Waals surface area contributed by atoms with Gasteiger partial charge < -0.3 is 5.11 Å². The van der Waals surface area contributed by atoms with E-state index in [4.69, 9.17) is 0 Å². The first-order valence-electron chi connectivity index (χ1n) is 6.45. The van der Waals surface area contributed by atoms with Crippen LogP contribution < -0.4 is 0 Å². The van der Waals surface area contributed by atoms with Crippen molar-refractivity contribution >= 4 is 21.6 Å². The lowest BCUT2D eigenvalue weighted by atomic mass is 10.0. The molecule has 0 bridgehead atoms. The van der Waals surface area contributed by atoms with Crippen molar-refractivity contribution in [2.75, 3.05) is 0 Å². The largest absolute Gasteiger partial charge is 0.390 e. The molecule has 0 aliphatic rings. The summed E-state index contributed by atoms with van der Waals surface area (Å²) in [6.07, 6.45) is 1.93. The van der Waals surface area contributed by atoms with Crippen molar-refractivity contribution in [2.24, 2.45) is 0 Å². The first-order chi connectivity index (χ1) is 9.60. The van der Waals surface area contributed by atoms with Crippen molar-refractivity contribution < 1.29 is 5.11 Å². The van der Waals surface area contributed by atoms with Gasteiger partial charge in [0, 0.05) is 16.2 Å². The van der Waals surface area contributed by atoms with Crippen LogP contribution in [-0.4, -0.2) is 14.5 Å². The maximum atomic E-state index is 9.71. The van der Waals surface area contributed by atoms with Gasteiger partial charge in [0.2, 0.25) is 0 Å². The van der Waals surface area contributed by atoms with Gasteiger partial charge in [0.05, 0.1) is 18.0 Å². The van der Waals surface area contributed by atoms with Crippen LogP contribution in [0.15, 0.2) is 41.0 Å². The van der Waals surface area contributed by atoms with Gasteiger partial charge in [-0.05, 0) is 59.1 Å². The predicted molar refractivity (Wildman–Crippen MR) is 83.7 cm³/mol. The Bertz CT molecular complexity index is 793. The molecule has 0 aliphatic carbocycles. The van der Waals surface area contributed by atoms with Gasteiger partial charge in [0.15, 0.2) is 0 Å². The molecule has 0 amide bonds. The molecule has 3 rings (SSSR count).